The fourth-order valence-electron chi connectivity index (χ4n) is 1.08. The van der Waals surface area contributed by atoms with Crippen molar-refractivity contribution in [3.63, 3.8) is 0 Å². The largest absolute Gasteiger partial charge is 0.508 e. The van der Waals surface area contributed by atoms with Crippen molar-refractivity contribution >= 4 is 6.29 Å². The molecule has 0 unspecified atom stereocenters. The van der Waals surface area contributed by atoms with Crippen LogP contribution in [0.1, 0.15) is 29.8 Å². The van der Waals surface area contributed by atoms with Crippen LogP contribution in [0.25, 0.3) is 0 Å². The summed E-state index contributed by atoms with van der Waals surface area (Å²) in [7, 11) is 0. The van der Waals surface area contributed by atoms with Crippen LogP contribution in [0.5, 0.6) is 5.75 Å². The van der Waals surface area contributed by atoms with E-state index in [1.165, 1.54) is 5.56 Å². The molecule has 0 aliphatic heterocycles. The summed E-state index contributed by atoms with van der Waals surface area (Å²) < 4.78 is 0. The van der Waals surface area contributed by atoms with Crippen molar-refractivity contribution in [3.8, 4) is 5.75 Å². The van der Waals surface area contributed by atoms with E-state index >= 15 is 0 Å². The molecular formula is C16H20O2. The molecule has 1 N–H and O–H groups in total. The maximum atomic E-state index is 10.0. The molecule has 0 amide bonds. The monoisotopic (exact) mass is 244 g/mol. The quantitative estimate of drug-likeness (QED) is 0.762. The highest BCUT2D eigenvalue weighted by Gasteiger charge is 1.82. The van der Waals surface area contributed by atoms with Gasteiger partial charge in [-0.3, -0.25) is 4.79 Å². The molecule has 96 valence electrons. The molecule has 0 fully saturated rings. The van der Waals surface area contributed by atoms with Crippen molar-refractivity contribution in [1.82, 2.24) is 0 Å². The zero-order valence-corrected chi connectivity index (χ0v) is 11.1. The molecule has 2 aromatic carbocycles. The number of carbonyl (C=O) groups is 1. The number of aldehydes is 1. The zero-order valence-electron chi connectivity index (χ0n) is 11.1. The van der Waals surface area contributed by atoms with E-state index in [2.05, 4.69) is 0 Å². The number of rotatable bonds is 1. The molecule has 0 aliphatic carbocycles. The third kappa shape index (κ3) is 7.23. The Morgan fingerprint density at radius 3 is 1.72 bits per heavy atom. The first-order valence-electron chi connectivity index (χ1n) is 5.98. The summed E-state index contributed by atoms with van der Waals surface area (Å²) in [6, 6.07) is 16.2. The molecule has 2 aromatic rings. The lowest BCUT2D eigenvalue weighted by Crippen LogP contribution is -1.73. The van der Waals surface area contributed by atoms with Crippen LogP contribution in [-0.4, -0.2) is 11.4 Å². The third-order valence-electron chi connectivity index (χ3n) is 1.97. The van der Waals surface area contributed by atoms with Gasteiger partial charge in [0.1, 0.15) is 12.0 Å². The van der Waals surface area contributed by atoms with E-state index in [0.29, 0.717) is 5.75 Å². The van der Waals surface area contributed by atoms with Gasteiger partial charge >= 0.3 is 0 Å². The number of phenolic OH excluding ortho intramolecular Hbond substituents is 1. The second kappa shape index (κ2) is 10.1. The Bertz CT molecular complexity index is 398. The lowest BCUT2D eigenvalue weighted by molar-refractivity contribution is 0.112. The molecule has 0 heterocycles. The van der Waals surface area contributed by atoms with Gasteiger partial charge < -0.3 is 5.11 Å². The van der Waals surface area contributed by atoms with Gasteiger partial charge in [0.05, 0.1) is 0 Å². The molecule has 0 bridgehead atoms. The van der Waals surface area contributed by atoms with Gasteiger partial charge in [-0.1, -0.05) is 61.9 Å². The van der Waals surface area contributed by atoms with E-state index in [4.69, 9.17) is 5.11 Å². The molecule has 2 nitrogen and oxygen atoms in total. The predicted octanol–water partition coefficient (Wildman–Crippen LogP) is 4.23. The van der Waals surface area contributed by atoms with Crippen LogP contribution in [0.4, 0.5) is 0 Å². The topological polar surface area (TPSA) is 37.3 Å². The Morgan fingerprint density at radius 2 is 1.39 bits per heavy atom. The third-order valence-corrected chi connectivity index (χ3v) is 1.97. The summed E-state index contributed by atoms with van der Waals surface area (Å²) in [6.07, 6.45) is 0.833. The minimum atomic E-state index is 0.329. The number of hydrogen-bond acceptors (Lipinski definition) is 2. The van der Waals surface area contributed by atoms with Crippen LogP contribution in [0, 0.1) is 6.92 Å². The molecule has 0 saturated carbocycles. The minimum Gasteiger partial charge on any atom is -0.508 e. The number of hydrogen-bond donors (Lipinski definition) is 1. The molecule has 2 heteroatoms. The smallest absolute Gasteiger partial charge is 0.150 e. The maximum absolute atomic E-state index is 10.0. The summed E-state index contributed by atoms with van der Waals surface area (Å²) in [5, 5.41) is 8.76. The fraction of sp³-hybridized carbons (Fsp3) is 0.188. The lowest BCUT2D eigenvalue weighted by Gasteiger charge is -1.89. The number of aryl methyl sites for hydroxylation is 1. The van der Waals surface area contributed by atoms with Crippen molar-refractivity contribution in [2.45, 2.75) is 20.8 Å². The Morgan fingerprint density at radius 1 is 0.889 bits per heavy atom. The van der Waals surface area contributed by atoms with Crippen LogP contribution >= 0.6 is 0 Å². The first kappa shape index (κ1) is 15.9. The summed E-state index contributed by atoms with van der Waals surface area (Å²) in [5.41, 5.74) is 1.90. The van der Waals surface area contributed by atoms with Crippen molar-refractivity contribution in [2.24, 2.45) is 0 Å². The number of aromatic hydroxyl groups is 1. The zero-order chi connectivity index (χ0) is 13.8. The summed E-state index contributed by atoms with van der Waals surface area (Å²) >= 11 is 0. The Hall–Kier alpha value is -2.09. The van der Waals surface area contributed by atoms with E-state index in [0.717, 1.165) is 11.8 Å². The van der Waals surface area contributed by atoms with E-state index in [1.807, 2.05) is 51.1 Å². The maximum Gasteiger partial charge on any atom is 0.150 e. The Balaban J connectivity index is 0.000000283. The summed E-state index contributed by atoms with van der Waals surface area (Å²) in [4.78, 5) is 10.0. The number of benzene rings is 2. The summed E-state index contributed by atoms with van der Waals surface area (Å²) in [5.74, 6) is 0.329. The molecule has 0 radical (unpaired) electrons. The van der Waals surface area contributed by atoms with E-state index in [-0.39, 0.29) is 0 Å². The lowest BCUT2D eigenvalue weighted by atomic mass is 10.2. The second-order valence-electron chi connectivity index (χ2n) is 3.36. The SMILES string of the molecule is CC.Cc1ccc(O)cc1.O=Cc1ccccc1. The molecular weight excluding hydrogens is 224 g/mol. The molecule has 0 spiro atoms. The fourth-order valence-corrected chi connectivity index (χ4v) is 1.08. The molecule has 0 saturated heterocycles. The molecule has 2 rings (SSSR count). The van der Waals surface area contributed by atoms with Gasteiger partial charge in [0.2, 0.25) is 0 Å². The summed E-state index contributed by atoms with van der Waals surface area (Å²) in [6.45, 7) is 5.99. The van der Waals surface area contributed by atoms with Gasteiger partial charge in [-0.15, -0.1) is 0 Å². The van der Waals surface area contributed by atoms with Crippen LogP contribution in [0.15, 0.2) is 54.6 Å². The molecule has 0 aliphatic rings. The average molecular weight is 244 g/mol. The highest BCUT2D eigenvalue weighted by atomic mass is 16.3. The first-order chi connectivity index (χ1) is 8.72. The van der Waals surface area contributed by atoms with Crippen LogP contribution in [0.2, 0.25) is 0 Å². The standard InChI is InChI=1S/C7H8O.C7H6O.C2H6/c1-6-2-4-7(8)5-3-6;8-6-7-4-2-1-3-5-7;1-2/h2-5,8H,1H3;1-6H;1-2H3. The van der Waals surface area contributed by atoms with Gasteiger partial charge in [-0.2, -0.15) is 0 Å². The number of phenols is 1. The van der Waals surface area contributed by atoms with Crippen molar-refractivity contribution in [1.29, 1.82) is 0 Å². The van der Waals surface area contributed by atoms with Crippen molar-refractivity contribution in [2.75, 3.05) is 0 Å². The Labute approximate surface area is 109 Å². The van der Waals surface area contributed by atoms with Gasteiger partial charge in [-0.05, 0) is 19.1 Å². The molecule has 18 heavy (non-hydrogen) atoms. The number of carbonyl (C=O) groups excluding carboxylic acids is 1. The van der Waals surface area contributed by atoms with Gasteiger partial charge in [0, 0.05) is 5.56 Å². The van der Waals surface area contributed by atoms with Crippen LogP contribution in [0.3, 0.4) is 0 Å². The first-order valence-corrected chi connectivity index (χ1v) is 5.98. The van der Waals surface area contributed by atoms with E-state index in [9.17, 15) is 4.79 Å². The normalized spacial score (nSPS) is 8.17. The van der Waals surface area contributed by atoms with Gasteiger partial charge in [-0.25, -0.2) is 0 Å². The van der Waals surface area contributed by atoms with Crippen LogP contribution < -0.4 is 0 Å². The second-order valence-corrected chi connectivity index (χ2v) is 3.36. The van der Waals surface area contributed by atoms with E-state index in [1.54, 1.807) is 24.3 Å². The predicted molar refractivity (Wildman–Crippen MR) is 76.0 cm³/mol. The van der Waals surface area contributed by atoms with Crippen LogP contribution in [-0.2, 0) is 0 Å². The molecule has 0 atom stereocenters. The highest BCUT2D eigenvalue weighted by molar-refractivity contribution is 5.74. The van der Waals surface area contributed by atoms with E-state index < -0.39 is 0 Å². The van der Waals surface area contributed by atoms with Gasteiger partial charge in [0.25, 0.3) is 0 Å². The minimum absolute atomic E-state index is 0.329. The highest BCUT2D eigenvalue weighted by Crippen LogP contribution is 2.07. The Kier molecular flexibility index (Phi) is 8.92. The average Bonchev–Trinajstić information content (AvgIpc) is 2.46. The van der Waals surface area contributed by atoms with Gasteiger partial charge in [0.15, 0.2) is 0 Å². The van der Waals surface area contributed by atoms with Crippen molar-refractivity contribution < 1.29 is 9.90 Å². The molecule has 0 aromatic heterocycles. The van der Waals surface area contributed by atoms with Crippen molar-refractivity contribution in [3.05, 3.63) is 65.7 Å².